The highest BCUT2D eigenvalue weighted by molar-refractivity contribution is 5.97. The molecule has 1 atom stereocenters. The lowest BCUT2D eigenvalue weighted by molar-refractivity contribution is -0.118. The molecule has 154 valence electrons. The summed E-state index contributed by atoms with van der Waals surface area (Å²) in [6.07, 6.45) is 1.74. The number of nitrogens with one attached hydrogen (secondary N) is 1. The normalized spacial score (nSPS) is 15.6. The highest BCUT2D eigenvalue weighted by atomic mass is 19.1. The molecule has 0 aliphatic carbocycles. The summed E-state index contributed by atoms with van der Waals surface area (Å²) >= 11 is 0. The van der Waals surface area contributed by atoms with Crippen LogP contribution in [-0.4, -0.2) is 42.5 Å². The fourth-order valence-corrected chi connectivity index (χ4v) is 3.46. The summed E-state index contributed by atoms with van der Waals surface area (Å²) < 4.78 is 19.2. The first-order valence-electron chi connectivity index (χ1n) is 9.76. The topological polar surface area (TPSA) is 84.7 Å². The summed E-state index contributed by atoms with van der Waals surface area (Å²) in [6.45, 7) is 2.96. The van der Waals surface area contributed by atoms with Crippen LogP contribution in [0.5, 0.6) is 5.75 Å². The van der Waals surface area contributed by atoms with Crippen LogP contribution in [0, 0.1) is 11.7 Å². The summed E-state index contributed by atoms with van der Waals surface area (Å²) in [5.74, 6) is -0.400. The fraction of sp³-hybridized carbons (Fsp3) is 0.364. The smallest absolute Gasteiger partial charge is 0.262 e. The molecule has 1 fully saturated rings. The number of nitrogens with zero attached hydrogens (tertiary/aromatic N) is 1. The molecule has 0 radical (unpaired) electrons. The van der Waals surface area contributed by atoms with Gasteiger partial charge in [-0.3, -0.25) is 9.59 Å². The molecule has 7 heteroatoms. The van der Waals surface area contributed by atoms with Gasteiger partial charge in [0.1, 0.15) is 11.6 Å². The molecule has 1 saturated heterocycles. The van der Waals surface area contributed by atoms with Gasteiger partial charge in [-0.05, 0) is 49.9 Å². The predicted molar refractivity (Wildman–Crippen MR) is 109 cm³/mol. The van der Waals surface area contributed by atoms with Crippen LogP contribution in [0.25, 0.3) is 0 Å². The Kier molecular flexibility index (Phi) is 6.82. The largest absolute Gasteiger partial charge is 0.483 e. The molecule has 0 saturated carbocycles. The quantitative estimate of drug-likeness (QED) is 0.782. The van der Waals surface area contributed by atoms with Crippen molar-refractivity contribution in [3.05, 3.63) is 59.9 Å². The molecule has 6 nitrogen and oxygen atoms in total. The summed E-state index contributed by atoms with van der Waals surface area (Å²) in [5, 5.41) is 2.46. The second-order valence-electron chi connectivity index (χ2n) is 7.30. The molecule has 1 heterocycles. The Morgan fingerprint density at radius 2 is 1.83 bits per heavy atom. The van der Waals surface area contributed by atoms with Gasteiger partial charge in [-0.2, -0.15) is 0 Å². The van der Waals surface area contributed by atoms with Crippen LogP contribution in [0.4, 0.5) is 10.1 Å². The predicted octanol–water partition coefficient (Wildman–Crippen LogP) is 3.04. The third-order valence-corrected chi connectivity index (χ3v) is 5.19. The Morgan fingerprint density at radius 3 is 2.52 bits per heavy atom. The molecular weight excluding hydrogens is 373 g/mol. The number of carbonyl (C=O) groups is 2. The number of amides is 2. The molecule has 3 N–H and O–H groups in total. The SMILES string of the molecule is CC(N)C1CCN(C(=O)c2ccccc2OCC(=O)Nc2ccccc2F)CC1. The maximum Gasteiger partial charge on any atom is 0.262 e. The zero-order valence-corrected chi connectivity index (χ0v) is 16.4. The minimum Gasteiger partial charge on any atom is -0.483 e. The Labute approximate surface area is 169 Å². The molecule has 0 aromatic heterocycles. The minimum atomic E-state index is -0.522. The number of halogens is 1. The third-order valence-electron chi connectivity index (χ3n) is 5.19. The van der Waals surface area contributed by atoms with Crippen LogP contribution >= 0.6 is 0 Å². The molecule has 0 spiro atoms. The van der Waals surface area contributed by atoms with Crippen LogP contribution in [0.2, 0.25) is 0 Å². The van der Waals surface area contributed by atoms with E-state index in [-0.39, 0.29) is 24.2 Å². The van der Waals surface area contributed by atoms with Crippen molar-refractivity contribution >= 4 is 17.5 Å². The van der Waals surface area contributed by atoms with Crippen LogP contribution in [0.1, 0.15) is 30.1 Å². The first-order valence-corrected chi connectivity index (χ1v) is 9.76. The molecule has 1 unspecified atom stereocenters. The average molecular weight is 399 g/mol. The van der Waals surface area contributed by atoms with Gasteiger partial charge in [0, 0.05) is 19.1 Å². The van der Waals surface area contributed by atoms with E-state index >= 15 is 0 Å². The molecule has 2 aromatic rings. The van der Waals surface area contributed by atoms with Crippen molar-refractivity contribution in [1.82, 2.24) is 4.90 Å². The van der Waals surface area contributed by atoms with Gasteiger partial charge in [0.25, 0.3) is 11.8 Å². The molecule has 1 aliphatic heterocycles. The van der Waals surface area contributed by atoms with Crippen LogP contribution in [0.15, 0.2) is 48.5 Å². The van der Waals surface area contributed by atoms with E-state index in [9.17, 15) is 14.0 Å². The van der Waals surface area contributed by atoms with Crippen molar-refractivity contribution in [2.24, 2.45) is 11.7 Å². The summed E-state index contributed by atoms with van der Waals surface area (Å²) in [7, 11) is 0. The maximum atomic E-state index is 13.7. The number of likely N-dealkylation sites (tertiary alicyclic amines) is 1. The molecule has 2 amide bonds. The molecule has 1 aliphatic rings. The first kappa shape index (κ1) is 20.8. The Morgan fingerprint density at radius 1 is 1.17 bits per heavy atom. The second kappa shape index (κ2) is 9.52. The Balaban J connectivity index is 1.61. The molecular formula is C22H26FN3O3. The number of anilines is 1. The number of carbonyl (C=O) groups excluding carboxylic acids is 2. The maximum absolute atomic E-state index is 13.7. The van der Waals surface area contributed by atoms with E-state index in [2.05, 4.69) is 5.32 Å². The minimum absolute atomic E-state index is 0.0856. The summed E-state index contributed by atoms with van der Waals surface area (Å²) in [6, 6.07) is 12.9. The zero-order valence-electron chi connectivity index (χ0n) is 16.4. The van der Waals surface area contributed by atoms with E-state index in [1.165, 1.54) is 12.1 Å². The molecule has 3 rings (SSSR count). The molecule has 2 aromatic carbocycles. The van der Waals surface area contributed by atoms with Gasteiger partial charge in [-0.1, -0.05) is 24.3 Å². The molecule has 0 bridgehead atoms. The number of hydrogen-bond acceptors (Lipinski definition) is 4. The highest BCUT2D eigenvalue weighted by Crippen LogP contribution is 2.25. The van der Waals surface area contributed by atoms with E-state index in [1.807, 2.05) is 6.92 Å². The second-order valence-corrected chi connectivity index (χ2v) is 7.30. The number of ether oxygens (including phenoxy) is 1. The standard InChI is InChI=1S/C22H26FN3O3/c1-15(24)16-10-12-26(13-11-16)22(28)17-6-2-5-9-20(17)29-14-21(27)25-19-8-4-3-7-18(19)23/h2-9,15-16H,10-14,24H2,1H3,(H,25,27). The number of piperidine rings is 1. The van der Waals surface area contributed by atoms with Gasteiger partial charge in [0.15, 0.2) is 6.61 Å². The van der Waals surface area contributed by atoms with E-state index in [0.717, 1.165) is 12.8 Å². The van der Waals surface area contributed by atoms with Crippen LogP contribution < -0.4 is 15.8 Å². The zero-order chi connectivity index (χ0) is 20.8. The molecule has 29 heavy (non-hydrogen) atoms. The average Bonchev–Trinajstić information content (AvgIpc) is 2.73. The van der Waals surface area contributed by atoms with E-state index < -0.39 is 11.7 Å². The van der Waals surface area contributed by atoms with Gasteiger partial charge >= 0.3 is 0 Å². The van der Waals surface area contributed by atoms with Crippen molar-refractivity contribution < 1.29 is 18.7 Å². The van der Waals surface area contributed by atoms with Crippen molar-refractivity contribution in [1.29, 1.82) is 0 Å². The van der Waals surface area contributed by atoms with Crippen molar-refractivity contribution in [3.63, 3.8) is 0 Å². The highest BCUT2D eigenvalue weighted by Gasteiger charge is 2.27. The fourth-order valence-electron chi connectivity index (χ4n) is 3.46. The van der Waals surface area contributed by atoms with E-state index in [0.29, 0.717) is 30.3 Å². The van der Waals surface area contributed by atoms with Gasteiger partial charge < -0.3 is 20.7 Å². The van der Waals surface area contributed by atoms with Crippen molar-refractivity contribution in [3.8, 4) is 5.75 Å². The van der Waals surface area contributed by atoms with Gasteiger partial charge in [0.05, 0.1) is 11.3 Å². The number of benzene rings is 2. The van der Waals surface area contributed by atoms with Gasteiger partial charge in [0.2, 0.25) is 0 Å². The lowest BCUT2D eigenvalue weighted by atomic mass is 9.90. The lowest BCUT2D eigenvalue weighted by Gasteiger charge is -2.34. The van der Waals surface area contributed by atoms with Gasteiger partial charge in [-0.25, -0.2) is 4.39 Å². The first-order chi connectivity index (χ1) is 14.0. The Bertz CT molecular complexity index is 864. The van der Waals surface area contributed by atoms with Crippen molar-refractivity contribution in [2.75, 3.05) is 25.0 Å². The Hall–Kier alpha value is -2.93. The lowest BCUT2D eigenvalue weighted by Crippen LogP contribution is -2.42. The van der Waals surface area contributed by atoms with Crippen molar-refractivity contribution in [2.45, 2.75) is 25.8 Å². The number of nitrogens with two attached hydrogens (primary N) is 1. The third kappa shape index (κ3) is 5.32. The monoisotopic (exact) mass is 399 g/mol. The number of para-hydroxylation sites is 2. The number of hydrogen-bond donors (Lipinski definition) is 2. The number of rotatable bonds is 6. The van der Waals surface area contributed by atoms with E-state index in [4.69, 9.17) is 10.5 Å². The van der Waals surface area contributed by atoms with E-state index in [1.54, 1.807) is 41.3 Å². The van der Waals surface area contributed by atoms with Crippen LogP contribution in [-0.2, 0) is 4.79 Å². The summed E-state index contributed by atoms with van der Waals surface area (Å²) in [4.78, 5) is 26.8. The van der Waals surface area contributed by atoms with Gasteiger partial charge in [-0.15, -0.1) is 0 Å². The summed E-state index contributed by atoms with van der Waals surface area (Å²) in [5.41, 5.74) is 6.46. The van der Waals surface area contributed by atoms with Crippen LogP contribution in [0.3, 0.4) is 0 Å².